The minimum atomic E-state index is -1.54. The molecule has 7 heavy (non-hydrogen) atoms. The van der Waals surface area contributed by atoms with Crippen LogP contribution in [-0.2, 0) is 11.1 Å². The van der Waals surface area contributed by atoms with E-state index >= 15 is 0 Å². The molecule has 1 aliphatic carbocycles. The Bertz CT molecular complexity index is 102. The highest BCUT2D eigenvalue weighted by atomic mass is 32.2. The number of hydrogen-bond acceptors (Lipinski definition) is 1. The fourth-order valence-electron chi connectivity index (χ4n) is 0.569. The van der Waals surface area contributed by atoms with Gasteiger partial charge in [0.25, 0.3) is 0 Å². The fourth-order valence-corrected chi connectivity index (χ4v) is 1.43. The minimum absolute atomic E-state index is 0.0972. The molecular formula is C4H8O2S. The molecule has 0 aliphatic heterocycles. The number of hydrogen-bond donors (Lipinski definition) is 1. The second kappa shape index (κ2) is 1.56. The highest BCUT2D eigenvalue weighted by molar-refractivity contribution is 7.80. The Morgan fingerprint density at radius 2 is 2.29 bits per heavy atom. The standard InChI is InChI=1S/C4H8O2S/c1-3-2-4(3)7(5)6/h3-4H,2H2,1H3,(H,5,6). The molecule has 0 aromatic rings. The lowest BCUT2D eigenvalue weighted by molar-refractivity contribution is 0.561. The van der Waals surface area contributed by atoms with Crippen molar-refractivity contribution in [3.63, 3.8) is 0 Å². The summed E-state index contributed by atoms with van der Waals surface area (Å²) < 4.78 is 18.4. The van der Waals surface area contributed by atoms with Crippen LogP contribution in [0.15, 0.2) is 0 Å². The van der Waals surface area contributed by atoms with E-state index in [1.807, 2.05) is 6.92 Å². The van der Waals surface area contributed by atoms with Crippen molar-refractivity contribution in [1.29, 1.82) is 0 Å². The molecule has 1 aliphatic rings. The normalized spacial score (nSPS) is 43.1. The first kappa shape index (κ1) is 5.25. The summed E-state index contributed by atoms with van der Waals surface area (Å²) in [5, 5.41) is 0.0972. The van der Waals surface area contributed by atoms with Crippen LogP contribution in [0.25, 0.3) is 0 Å². The zero-order chi connectivity index (χ0) is 5.44. The molecule has 1 fully saturated rings. The Morgan fingerprint density at radius 1 is 1.86 bits per heavy atom. The van der Waals surface area contributed by atoms with E-state index in [1.54, 1.807) is 0 Å². The second-order valence-corrected chi connectivity index (χ2v) is 3.19. The van der Waals surface area contributed by atoms with Crippen LogP contribution in [0.5, 0.6) is 0 Å². The Labute approximate surface area is 45.2 Å². The lowest BCUT2D eigenvalue weighted by Gasteiger charge is -1.81. The Hall–Kier alpha value is 0.110. The van der Waals surface area contributed by atoms with Gasteiger partial charge in [0.1, 0.15) is 0 Å². The van der Waals surface area contributed by atoms with Crippen molar-refractivity contribution >= 4 is 11.1 Å². The van der Waals surface area contributed by atoms with Crippen molar-refractivity contribution in [2.24, 2.45) is 5.92 Å². The fraction of sp³-hybridized carbons (Fsp3) is 1.00. The molecule has 0 aromatic heterocycles. The van der Waals surface area contributed by atoms with Gasteiger partial charge in [-0.15, -0.1) is 0 Å². The average molecular weight is 120 g/mol. The Balaban J connectivity index is 2.33. The molecule has 1 saturated carbocycles. The maximum Gasteiger partial charge on any atom is 0.156 e. The minimum Gasteiger partial charge on any atom is -0.306 e. The predicted molar refractivity (Wildman–Crippen MR) is 28.3 cm³/mol. The van der Waals surface area contributed by atoms with E-state index in [1.165, 1.54) is 0 Å². The van der Waals surface area contributed by atoms with E-state index in [0.717, 1.165) is 6.42 Å². The van der Waals surface area contributed by atoms with Crippen LogP contribution in [0, 0.1) is 5.92 Å². The highest BCUT2D eigenvalue weighted by Gasteiger charge is 2.37. The molecule has 1 N–H and O–H groups in total. The van der Waals surface area contributed by atoms with E-state index in [9.17, 15) is 4.21 Å². The largest absolute Gasteiger partial charge is 0.306 e. The summed E-state index contributed by atoms with van der Waals surface area (Å²) in [4.78, 5) is 0. The SMILES string of the molecule is CC1CC1S(=O)O. The summed E-state index contributed by atoms with van der Waals surface area (Å²) in [5.41, 5.74) is 0. The van der Waals surface area contributed by atoms with E-state index in [-0.39, 0.29) is 5.25 Å². The molecule has 0 amide bonds. The molecule has 3 atom stereocenters. The third-order valence-electron chi connectivity index (χ3n) is 1.29. The third kappa shape index (κ3) is 1.01. The van der Waals surface area contributed by atoms with Gasteiger partial charge in [-0.3, -0.25) is 0 Å². The molecule has 1 rings (SSSR count). The summed E-state index contributed by atoms with van der Waals surface area (Å²) in [5.74, 6) is 0.492. The molecule has 2 nitrogen and oxygen atoms in total. The van der Waals surface area contributed by atoms with Crippen LogP contribution in [0.4, 0.5) is 0 Å². The summed E-state index contributed by atoms with van der Waals surface area (Å²) in [6, 6.07) is 0. The van der Waals surface area contributed by atoms with Gasteiger partial charge in [0.15, 0.2) is 11.1 Å². The van der Waals surface area contributed by atoms with Gasteiger partial charge in [-0.05, 0) is 12.3 Å². The van der Waals surface area contributed by atoms with Gasteiger partial charge in [-0.1, -0.05) is 6.92 Å². The third-order valence-corrected chi connectivity index (χ3v) is 2.47. The molecule has 0 bridgehead atoms. The first-order valence-electron chi connectivity index (χ1n) is 2.31. The van der Waals surface area contributed by atoms with Crippen molar-refractivity contribution in [1.82, 2.24) is 0 Å². The van der Waals surface area contributed by atoms with Gasteiger partial charge in [-0.2, -0.15) is 0 Å². The summed E-state index contributed by atoms with van der Waals surface area (Å²) in [6.07, 6.45) is 0.934. The van der Waals surface area contributed by atoms with Crippen LogP contribution >= 0.6 is 0 Å². The maximum absolute atomic E-state index is 10.1. The molecular weight excluding hydrogens is 112 g/mol. The van der Waals surface area contributed by atoms with Crippen LogP contribution in [0.3, 0.4) is 0 Å². The van der Waals surface area contributed by atoms with Gasteiger partial charge in [0.2, 0.25) is 0 Å². The van der Waals surface area contributed by atoms with E-state index in [2.05, 4.69) is 0 Å². The van der Waals surface area contributed by atoms with Crippen molar-refractivity contribution in [2.75, 3.05) is 0 Å². The van der Waals surface area contributed by atoms with Crippen LogP contribution in [0.1, 0.15) is 13.3 Å². The molecule has 0 saturated heterocycles. The van der Waals surface area contributed by atoms with E-state index in [0.29, 0.717) is 5.92 Å². The van der Waals surface area contributed by atoms with Gasteiger partial charge in [0, 0.05) is 0 Å². The van der Waals surface area contributed by atoms with Gasteiger partial charge in [-0.25, -0.2) is 4.21 Å². The summed E-state index contributed by atoms with van der Waals surface area (Å²) >= 11 is -1.54. The Morgan fingerprint density at radius 3 is 2.29 bits per heavy atom. The zero-order valence-corrected chi connectivity index (χ0v) is 4.94. The first-order chi connectivity index (χ1) is 3.22. The lowest BCUT2D eigenvalue weighted by atomic mass is 10.5. The molecule has 3 heteroatoms. The van der Waals surface area contributed by atoms with Gasteiger partial charge < -0.3 is 4.55 Å². The monoisotopic (exact) mass is 120 g/mol. The quantitative estimate of drug-likeness (QED) is 0.515. The van der Waals surface area contributed by atoms with Crippen LogP contribution in [0.2, 0.25) is 0 Å². The highest BCUT2D eigenvalue weighted by Crippen LogP contribution is 2.33. The van der Waals surface area contributed by atoms with Crippen molar-refractivity contribution in [3.05, 3.63) is 0 Å². The van der Waals surface area contributed by atoms with Crippen molar-refractivity contribution < 1.29 is 8.76 Å². The maximum atomic E-state index is 10.1. The molecule has 42 valence electrons. The molecule has 0 radical (unpaired) electrons. The van der Waals surface area contributed by atoms with Crippen LogP contribution in [-0.4, -0.2) is 14.0 Å². The molecule has 0 spiro atoms. The lowest BCUT2D eigenvalue weighted by Crippen LogP contribution is -1.94. The predicted octanol–water partition coefficient (Wildman–Crippen LogP) is 0.617. The summed E-state index contributed by atoms with van der Waals surface area (Å²) in [6.45, 7) is 1.98. The molecule has 3 unspecified atom stereocenters. The zero-order valence-electron chi connectivity index (χ0n) is 4.13. The van der Waals surface area contributed by atoms with E-state index < -0.39 is 11.1 Å². The molecule has 0 heterocycles. The first-order valence-corrected chi connectivity index (χ1v) is 3.48. The Kier molecular flexibility index (Phi) is 1.17. The van der Waals surface area contributed by atoms with Gasteiger partial charge in [0.05, 0.1) is 5.25 Å². The van der Waals surface area contributed by atoms with Crippen molar-refractivity contribution in [2.45, 2.75) is 18.6 Å². The van der Waals surface area contributed by atoms with Gasteiger partial charge >= 0.3 is 0 Å². The van der Waals surface area contributed by atoms with Crippen LogP contribution < -0.4 is 0 Å². The smallest absolute Gasteiger partial charge is 0.156 e. The topological polar surface area (TPSA) is 37.3 Å². The molecule has 0 aromatic carbocycles. The average Bonchev–Trinajstić information content (AvgIpc) is 2.17. The van der Waals surface area contributed by atoms with Crippen molar-refractivity contribution in [3.8, 4) is 0 Å². The van der Waals surface area contributed by atoms with E-state index in [4.69, 9.17) is 4.55 Å². The second-order valence-electron chi connectivity index (χ2n) is 2.03. The number of rotatable bonds is 1. The summed E-state index contributed by atoms with van der Waals surface area (Å²) in [7, 11) is 0.